The van der Waals surface area contributed by atoms with Crippen LogP contribution in [0.25, 0.3) is 16.6 Å². The van der Waals surface area contributed by atoms with Crippen LogP contribution >= 0.6 is 0 Å². The van der Waals surface area contributed by atoms with Crippen molar-refractivity contribution in [2.45, 2.75) is 0 Å². The van der Waals surface area contributed by atoms with Gasteiger partial charge in [0.25, 0.3) is 0 Å². The minimum Gasteiger partial charge on any atom is -0.231 e. The lowest BCUT2D eigenvalue weighted by atomic mass is 10.1. The maximum Gasteiger partial charge on any atom is 0.185 e. The van der Waals surface area contributed by atoms with E-state index >= 15 is 0 Å². The van der Waals surface area contributed by atoms with E-state index in [2.05, 4.69) is 15.2 Å². The first kappa shape index (κ1) is 8.03. The lowest BCUT2D eigenvalue weighted by molar-refractivity contribution is 0.569. The first-order valence-electron chi connectivity index (χ1n) is 4.45. The quantitative estimate of drug-likeness (QED) is 0.606. The van der Waals surface area contributed by atoms with E-state index in [9.17, 15) is 4.79 Å². The number of hydrogen-bond acceptors (Lipinski definition) is 4. The summed E-state index contributed by atoms with van der Waals surface area (Å²) in [6.07, 6.45) is 0. The van der Waals surface area contributed by atoms with Crippen LogP contribution in [0.4, 0.5) is 5.82 Å². The zero-order valence-electron chi connectivity index (χ0n) is 7.64. The van der Waals surface area contributed by atoms with Crippen molar-refractivity contribution >= 4 is 28.4 Å². The molecule has 0 fully saturated rings. The van der Waals surface area contributed by atoms with Crippen molar-refractivity contribution in [1.82, 2.24) is 4.98 Å². The Bertz CT molecular complexity index is 639. The number of azo groups is 1. The van der Waals surface area contributed by atoms with Gasteiger partial charge in [0, 0.05) is 5.39 Å². The molecular formula is C11H5N3O. The molecule has 4 heteroatoms. The molecule has 0 atom stereocenters. The monoisotopic (exact) mass is 195 g/mol. The summed E-state index contributed by atoms with van der Waals surface area (Å²) in [6, 6.07) is 9.52. The second-order valence-electron chi connectivity index (χ2n) is 3.20. The number of pyridine rings is 1. The highest BCUT2D eigenvalue weighted by Crippen LogP contribution is 2.33. The van der Waals surface area contributed by atoms with Gasteiger partial charge in [-0.3, -0.25) is 0 Å². The summed E-state index contributed by atoms with van der Waals surface area (Å²) in [5.41, 5.74) is 1.73. The van der Waals surface area contributed by atoms with Crippen molar-refractivity contribution in [1.29, 1.82) is 0 Å². The molecule has 3 rings (SSSR count). The molecule has 0 saturated heterocycles. The topological polar surface area (TPSA) is 54.7 Å². The Labute approximate surface area is 85.0 Å². The van der Waals surface area contributed by atoms with Crippen molar-refractivity contribution in [3.63, 3.8) is 0 Å². The second kappa shape index (κ2) is 2.83. The Hall–Kier alpha value is -2.32. The van der Waals surface area contributed by atoms with Crippen LogP contribution in [-0.2, 0) is 4.79 Å². The summed E-state index contributed by atoms with van der Waals surface area (Å²) in [5.74, 6) is 2.24. The summed E-state index contributed by atoms with van der Waals surface area (Å²) in [6.45, 7) is 0. The van der Waals surface area contributed by atoms with E-state index < -0.39 is 0 Å². The van der Waals surface area contributed by atoms with Crippen molar-refractivity contribution < 1.29 is 4.79 Å². The first-order valence-corrected chi connectivity index (χ1v) is 4.45. The van der Waals surface area contributed by atoms with Gasteiger partial charge in [-0.1, -0.05) is 18.2 Å². The number of hydrogen-bond donors (Lipinski definition) is 0. The number of aromatic nitrogens is 1. The predicted octanol–water partition coefficient (Wildman–Crippen LogP) is 2.50. The third kappa shape index (κ3) is 1.09. The smallest absolute Gasteiger partial charge is 0.185 e. The second-order valence-corrected chi connectivity index (χ2v) is 3.20. The van der Waals surface area contributed by atoms with Crippen LogP contribution in [-0.4, -0.2) is 10.9 Å². The molecule has 0 saturated carbocycles. The van der Waals surface area contributed by atoms with E-state index in [1.54, 1.807) is 5.94 Å². The molecule has 15 heavy (non-hydrogen) atoms. The molecule has 1 aromatic carbocycles. The fourth-order valence-corrected chi connectivity index (χ4v) is 1.58. The fourth-order valence-electron chi connectivity index (χ4n) is 1.58. The van der Waals surface area contributed by atoms with Gasteiger partial charge in [0.05, 0.1) is 11.1 Å². The minimum atomic E-state index is 0.225. The van der Waals surface area contributed by atoms with Crippen molar-refractivity contribution in [2.75, 3.05) is 0 Å². The molecule has 0 bridgehead atoms. The van der Waals surface area contributed by atoms with Gasteiger partial charge in [-0.05, 0) is 12.1 Å². The Morgan fingerprint density at radius 3 is 2.87 bits per heavy atom. The molecule has 2 aromatic rings. The van der Waals surface area contributed by atoms with Gasteiger partial charge >= 0.3 is 0 Å². The molecule has 70 valence electrons. The van der Waals surface area contributed by atoms with Crippen LogP contribution in [0.15, 0.2) is 40.6 Å². The molecule has 0 unspecified atom stereocenters. The average Bonchev–Trinajstić information content (AvgIpc) is 2.68. The van der Waals surface area contributed by atoms with Crippen LogP contribution in [0, 0.1) is 0 Å². The van der Waals surface area contributed by atoms with E-state index in [0.29, 0.717) is 11.4 Å². The largest absolute Gasteiger partial charge is 0.231 e. The Morgan fingerprint density at radius 2 is 2.00 bits per heavy atom. The van der Waals surface area contributed by atoms with E-state index in [0.717, 1.165) is 10.9 Å². The molecule has 0 aliphatic carbocycles. The van der Waals surface area contributed by atoms with E-state index in [1.165, 1.54) is 0 Å². The van der Waals surface area contributed by atoms with Crippen LogP contribution in [0.1, 0.15) is 5.56 Å². The summed E-state index contributed by atoms with van der Waals surface area (Å²) in [4.78, 5) is 14.9. The fraction of sp³-hybridized carbons (Fsp3) is 0. The van der Waals surface area contributed by atoms with Gasteiger partial charge in [-0.15, -0.1) is 10.2 Å². The molecule has 4 nitrogen and oxygen atoms in total. The maximum absolute atomic E-state index is 10.6. The van der Waals surface area contributed by atoms with Crippen molar-refractivity contribution in [3.05, 3.63) is 35.9 Å². The van der Waals surface area contributed by atoms with Crippen LogP contribution in [0.3, 0.4) is 0 Å². The van der Waals surface area contributed by atoms with Gasteiger partial charge < -0.3 is 0 Å². The Balaban J connectivity index is 2.41. The number of rotatable bonds is 0. The van der Waals surface area contributed by atoms with Crippen molar-refractivity contribution in [2.24, 2.45) is 10.2 Å². The lowest BCUT2D eigenvalue weighted by Gasteiger charge is -1.98. The number of para-hydroxylation sites is 1. The van der Waals surface area contributed by atoms with Gasteiger partial charge in [0.15, 0.2) is 17.5 Å². The molecule has 2 heterocycles. The molecule has 0 spiro atoms. The SMILES string of the molecule is O=C=C1N=Nc2nc3ccccc3cc21. The zero-order valence-corrected chi connectivity index (χ0v) is 7.64. The van der Waals surface area contributed by atoms with Gasteiger partial charge in [-0.2, -0.15) is 0 Å². The standard InChI is InChI=1S/C11H5N3O/c15-6-10-8-5-7-3-1-2-4-9(7)12-11(8)14-13-10/h1-5H. The van der Waals surface area contributed by atoms with Crippen molar-refractivity contribution in [3.8, 4) is 0 Å². The molecule has 1 aliphatic rings. The molecule has 0 N–H and O–H groups in total. The van der Waals surface area contributed by atoms with Gasteiger partial charge in [0.2, 0.25) is 0 Å². The number of fused-ring (bicyclic) bond motifs is 2. The van der Waals surface area contributed by atoms with Crippen LogP contribution in [0.2, 0.25) is 0 Å². The molecular weight excluding hydrogens is 190 g/mol. The first-order chi connectivity index (χ1) is 7.38. The summed E-state index contributed by atoms with van der Waals surface area (Å²) < 4.78 is 0. The van der Waals surface area contributed by atoms with Gasteiger partial charge in [0.1, 0.15) is 0 Å². The normalized spacial score (nSPS) is 12.9. The summed E-state index contributed by atoms with van der Waals surface area (Å²) in [5, 5.41) is 8.49. The highest BCUT2D eigenvalue weighted by Gasteiger charge is 2.17. The third-order valence-electron chi connectivity index (χ3n) is 2.30. The Morgan fingerprint density at radius 1 is 1.13 bits per heavy atom. The van der Waals surface area contributed by atoms with E-state index in [4.69, 9.17) is 0 Å². The van der Waals surface area contributed by atoms with Gasteiger partial charge in [-0.25, -0.2) is 9.78 Å². The summed E-state index contributed by atoms with van der Waals surface area (Å²) >= 11 is 0. The van der Waals surface area contributed by atoms with Crippen LogP contribution in [0.5, 0.6) is 0 Å². The zero-order chi connectivity index (χ0) is 10.3. The predicted molar refractivity (Wildman–Crippen MR) is 55.4 cm³/mol. The van der Waals surface area contributed by atoms with Crippen LogP contribution < -0.4 is 0 Å². The lowest BCUT2D eigenvalue weighted by Crippen LogP contribution is -1.83. The minimum absolute atomic E-state index is 0.225. The number of carbonyl (C=O) groups excluding carboxylic acids is 1. The molecule has 1 aromatic heterocycles. The maximum atomic E-state index is 10.6. The number of nitrogens with zero attached hydrogens (tertiary/aromatic N) is 3. The molecule has 0 radical (unpaired) electrons. The average molecular weight is 195 g/mol. The molecule has 1 aliphatic heterocycles. The Kier molecular flexibility index (Phi) is 1.52. The number of benzene rings is 1. The highest BCUT2D eigenvalue weighted by molar-refractivity contribution is 5.95. The van der Waals surface area contributed by atoms with E-state index in [1.807, 2.05) is 30.3 Å². The summed E-state index contributed by atoms with van der Waals surface area (Å²) in [7, 11) is 0. The van der Waals surface area contributed by atoms with E-state index in [-0.39, 0.29) is 5.70 Å². The molecule has 0 amide bonds. The third-order valence-corrected chi connectivity index (χ3v) is 2.30. The highest BCUT2D eigenvalue weighted by atomic mass is 16.1.